The summed E-state index contributed by atoms with van der Waals surface area (Å²) in [5.74, 6) is 0.669. The number of hydrogen-bond acceptors (Lipinski definition) is 1. The minimum absolute atomic E-state index is 0.393. The molecule has 0 spiro atoms. The van der Waals surface area contributed by atoms with Crippen molar-refractivity contribution in [2.24, 2.45) is 5.92 Å². The molecule has 1 nitrogen and oxygen atoms in total. The summed E-state index contributed by atoms with van der Waals surface area (Å²) >= 11 is 9.61. The maximum Gasteiger partial charge on any atom is 0.0420 e. The monoisotopic (exact) mass is 317 g/mol. The van der Waals surface area contributed by atoms with Gasteiger partial charge in [-0.2, -0.15) is 0 Å². The summed E-state index contributed by atoms with van der Waals surface area (Å²) in [4.78, 5) is 0. The van der Waals surface area contributed by atoms with Crippen LogP contribution in [-0.2, 0) is 0 Å². The van der Waals surface area contributed by atoms with Gasteiger partial charge in [0.05, 0.1) is 0 Å². The highest BCUT2D eigenvalue weighted by molar-refractivity contribution is 9.10. The Bertz CT molecular complexity index is 332. The Hall–Kier alpha value is -0.0500. The van der Waals surface area contributed by atoms with E-state index >= 15 is 0 Å². The first-order valence-electron chi connectivity index (χ1n) is 6.22. The summed E-state index contributed by atoms with van der Waals surface area (Å²) in [6.07, 6.45) is 2.28. The van der Waals surface area contributed by atoms with Gasteiger partial charge in [0.1, 0.15) is 0 Å². The molecule has 17 heavy (non-hydrogen) atoms. The molecule has 0 aromatic heterocycles. The lowest BCUT2D eigenvalue weighted by molar-refractivity contribution is 0.430. The van der Waals surface area contributed by atoms with E-state index in [2.05, 4.69) is 54.2 Å². The molecule has 1 aromatic rings. The van der Waals surface area contributed by atoms with Gasteiger partial charge >= 0.3 is 0 Å². The lowest BCUT2D eigenvalue weighted by Gasteiger charge is -2.21. The van der Waals surface area contributed by atoms with Gasteiger partial charge in [-0.05, 0) is 49.1 Å². The zero-order valence-electron chi connectivity index (χ0n) is 10.8. The lowest BCUT2D eigenvalue weighted by atomic mass is 9.97. The molecule has 0 amide bonds. The molecule has 3 heteroatoms. The molecule has 1 atom stereocenters. The van der Waals surface area contributed by atoms with Crippen LogP contribution in [0, 0.1) is 5.92 Å². The van der Waals surface area contributed by atoms with Crippen molar-refractivity contribution in [2.45, 2.75) is 39.7 Å². The molecule has 0 aliphatic carbocycles. The van der Waals surface area contributed by atoms with E-state index in [1.165, 1.54) is 5.56 Å². The van der Waals surface area contributed by atoms with E-state index in [0.717, 1.165) is 28.9 Å². The minimum atomic E-state index is 0.393. The number of benzene rings is 1. The number of rotatable bonds is 6. The molecule has 0 heterocycles. The van der Waals surface area contributed by atoms with E-state index in [-0.39, 0.29) is 0 Å². The fraction of sp³-hybridized carbons (Fsp3) is 0.571. The summed E-state index contributed by atoms with van der Waals surface area (Å²) in [5.41, 5.74) is 1.27. The Labute approximate surface area is 118 Å². The van der Waals surface area contributed by atoms with Crippen LogP contribution in [-0.4, -0.2) is 6.54 Å². The maximum absolute atomic E-state index is 6.11. The van der Waals surface area contributed by atoms with Crippen molar-refractivity contribution in [3.63, 3.8) is 0 Å². The van der Waals surface area contributed by atoms with Gasteiger partial charge < -0.3 is 5.32 Å². The molecule has 1 N–H and O–H groups in total. The highest BCUT2D eigenvalue weighted by Gasteiger charge is 2.13. The van der Waals surface area contributed by atoms with Crippen LogP contribution in [0.25, 0.3) is 0 Å². The second-order valence-corrected chi connectivity index (χ2v) is 6.19. The van der Waals surface area contributed by atoms with Gasteiger partial charge in [0.25, 0.3) is 0 Å². The Balaban J connectivity index is 2.86. The van der Waals surface area contributed by atoms with Crippen LogP contribution in [0.2, 0.25) is 5.02 Å². The molecule has 0 radical (unpaired) electrons. The van der Waals surface area contributed by atoms with Crippen molar-refractivity contribution in [1.82, 2.24) is 5.32 Å². The SMILES string of the molecule is CCCNC(CC(C)C)c1cc(Cl)cc(Br)c1. The summed E-state index contributed by atoms with van der Waals surface area (Å²) < 4.78 is 1.05. The highest BCUT2D eigenvalue weighted by atomic mass is 79.9. The molecule has 96 valence electrons. The Kier molecular flexibility index (Phi) is 6.53. The van der Waals surface area contributed by atoms with Gasteiger partial charge in [-0.15, -0.1) is 0 Å². The average molecular weight is 319 g/mol. The van der Waals surface area contributed by atoms with Gasteiger partial charge in [0, 0.05) is 15.5 Å². The van der Waals surface area contributed by atoms with Crippen LogP contribution < -0.4 is 5.32 Å². The Morgan fingerprint density at radius 2 is 2.00 bits per heavy atom. The third kappa shape index (κ3) is 5.41. The van der Waals surface area contributed by atoms with Crippen molar-refractivity contribution in [3.05, 3.63) is 33.3 Å². The minimum Gasteiger partial charge on any atom is -0.310 e. The van der Waals surface area contributed by atoms with Crippen molar-refractivity contribution in [2.75, 3.05) is 6.54 Å². The van der Waals surface area contributed by atoms with Crippen molar-refractivity contribution >= 4 is 27.5 Å². The molecule has 0 aliphatic heterocycles. The van der Waals surface area contributed by atoms with E-state index in [1.807, 2.05) is 6.07 Å². The third-order valence-electron chi connectivity index (χ3n) is 2.64. The highest BCUT2D eigenvalue weighted by Crippen LogP contribution is 2.27. The van der Waals surface area contributed by atoms with Crippen molar-refractivity contribution < 1.29 is 0 Å². The van der Waals surface area contributed by atoms with E-state index in [9.17, 15) is 0 Å². The average Bonchev–Trinajstić information content (AvgIpc) is 2.22. The zero-order chi connectivity index (χ0) is 12.8. The van der Waals surface area contributed by atoms with Gasteiger partial charge in [0.15, 0.2) is 0 Å². The smallest absolute Gasteiger partial charge is 0.0420 e. The first-order valence-corrected chi connectivity index (χ1v) is 7.39. The van der Waals surface area contributed by atoms with Crippen LogP contribution in [0.15, 0.2) is 22.7 Å². The predicted octanol–water partition coefficient (Wildman–Crippen LogP) is 5.19. The van der Waals surface area contributed by atoms with E-state index in [0.29, 0.717) is 12.0 Å². The lowest BCUT2D eigenvalue weighted by Crippen LogP contribution is -2.23. The van der Waals surface area contributed by atoms with E-state index in [1.54, 1.807) is 0 Å². The summed E-state index contributed by atoms with van der Waals surface area (Å²) in [5, 5.41) is 4.38. The fourth-order valence-electron chi connectivity index (χ4n) is 1.90. The third-order valence-corrected chi connectivity index (χ3v) is 3.31. The number of halogens is 2. The maximum atomic E-state index is 6.11. The van der Waals surface area contributed by atoms with Gasteiger partial charge in [-0.25, -0.2) is 0 Å². The summed E-state index contributed by atoms with van der Waals surface area (Å²) in [7, 11) is 0. The number of hydrogen-bond donors (Lipinski definition) is 1. The van der Waals surface area contributed by atoms with Crippen LogP contribution in [0.4, 0.5) is 0 Å². The largest absolute Gasteiger partial charge is 0.310 e. The molecule has 0 saturated heterocycles. The molecular formula is C14H21BrClN. The predicted molar refractivity (Wildman–Crippen MR) is 79.6 cm³/mol. The van der Waals surface area contributed by atoms with E-state index in [4.69, 9.17) is 11.6 Å². The van der Waals surface area contributed by atoms with Crippen LogP contribution >= 0.6 is 27.5 Å². The Morgan fingerprint density at radius 3 is 2.53 bits per heavy atom. The number of nitrogens with one attached hydrogen (secondary N) is 1. The Morgan fingerprint density at radius 1 is 1.29 bits per heavy atom. The fourth-order valence-corrected chi connectivity index (χ4v) is 2.79. The van der Waals surface area contributed by atoms with Crippen LogP contribution in [0.1, 0.15) is 45.2 Å². The quantitative estimate of drug-likeness (QED) is 0.761. The van der Waals surface area contributed by atoms with Crippen LogP contribution in [0.5, 0.6) is 0 Å². The molecule has 1 unspecified atom stereocenters. The molecule has 1 aromatic carbocycles. The first kappa shape index (κ1) is 15.0. The van der Waals surface area contributed by atoms with Crippen molar-refractivity contribution in [3.8, 4) is 0 Å². The molecule has 0 saturated carbocycles. The normalized spacial score (nSPS) is 13.1. The molecule has 0 fully saturated rings. The van der Waals surface area contributed by atoms with Crippen LogP contribution in [0.3, 0.4) is 0 Å². The first-order chi connectivity index (χ1) is 8.02. The topological polar surface area (TPSA) is 12.0 Å². The second kappa shape index (κ2) is 7.40. The standard InChI is InChI=1S/C14H21BrClN/c1-4-5-17-14(6-10(2)3)11-7-12(15)9-13(16)8-11/h7-10,14,17H,4-6H2,1-3H3. The van der Waals surface area contributed by atoms with Gasteiger partial charge in [-0.1, -0.05) is 48.3 Å². The van der Waals surface area contributed by atoms with Gasteiger partial charge in [-0.3, -0.25) is 0 Å². The van der Waals surface area contributed by atoms with E-state index < -0.39 is 0 Å². The van der Waals surface area contributed by atoms with Gasteiger partial charge in [0.2, 0.25) is 0 Å². The summed E-state index contributed by atoms with van der Waals surface area (Å²) in [6.45, 7) is 7.73. The molecular weight excluding hydrogens is 298 g/mol. The zero-order valence-corrected chi connectivity index (χ0v) is 13.1. The van der Waals surface area contributed by atoms with Crippen molar-refractivity contribution in [1.29, 1.82) is 0 Å². The molecule has 1 rings (SSSR count). The second-order valence-electron chi connectivity index (χ2n) is 4.84. The summed E-state index contributed by atoms with van der Waals surface area (Å²) in [6, 6.07) is 6.53. The molecule has 0 aliphatic rings. The molecule has 0 bridgehead atoms.